The number of carbonyl (C=O) groups excluding carboxylic acids is 1. The number of anilines is 1. The number of aryl methyl sites for hydroxylation is 1. The summed E-state index contributed by atoms with van der Waals surface area (Å²) in [6.45, 7) is 6.33. The number of Topliss-reactive ketones (excluding diaryl/α,β-unsaturated/α-hetero) is 1. The van der Waals surface area contributed by atoms with E-state index in [1.165, 1.54) is 17.8 Å². The predicted molar refractivity (Wildman–Crippen MR) is 115 cm³/mol. The van der Waals surface area contributed by atoms with Crippen molar-refractivity contribution in [2.75, 3.05) is 31.2 Å². The van der Waals surface area contributed by atoms with Gasteiger partial charge in [-0.1, -0.05) is 29.5 Å². The molecule has 9 heteroatoms. The Labute approximate surface area is 183 Å². The van der Waals surface area contributed by atoms with Crippen molar-refractivity contribution >= 4 is 23.5 Å². The van der Waals surface area contributed by atoms with Crippen molar-refractivity contribution in [1.82, 2.24) is 14.8 Å². The molecule has 4 rings (SSSR count). The zero-order valence-electron chi connectivity index (χ0n) is 17.2. The number of carbonyl (C=O) groups is 1. The Kier molecular flexibility index (Phi) is 6.33. The molecule has 2 aromatic carbocycles. The van der Waals surface area contributed by atoms with Gasteiger partial charge < -0.3 is 9.64 Å². The Bertz CT molecular complexity index is 1080. The van der Waals surface area contributed by atoms with Gasteiger partial charge in [0.25, 0.3) is 0 Å². The van der Waals surface area contributed by atoms with Crippen molar-refractivity contribution in [2.24, 2.45) is 0 Å². The normalized spacial score (nSPS) is 15.2. The summed E-state index contributed by atoms with van der Waals surface area (Å²) in [5.41, 5.74) is 2.13. The molecule has 1 atom stereocenters. The molecular weight excluding hydrogens is 422 g/mol. The largest absolute Gasteiger partial charge is 0.378 e. The lowest BCUT2D eigenvalue weighted by Crippen LogP contribution is -2.37. The van der Waals surface area contributed by atoms with E-state index in [-0.39, 0.29) is 11.3 Å². The number of halogens is 2. The maximum Gasteiger partial charge on any atom is 0.232 e. The summed E-state index contributed by atoms with van der Waals surface area (Å²) < 4.78 is 34.2. The van der Waals surface area contributed by atoms with E-state index in [1.54, 1.807) is 6.92 Å². The third-order valence-electron chi connectivity index (χ3n) is 5.06. The minimum Gasteiger partial charge on any atom is -0.378 e. The molecule has 31 heavy (non-hydrogen) atoms. The van der Waals surface area contributed by atoms with Gasteiger partial charge in [-0.15, -0.1) is 10.2 Å². The fourth-order valence-corrected chi connectivity index (χ4v) is 4.26. The second-order valence-corrected chi connectivity index (χ2v) is 8.61. The fraction of sp³-hybridized carbons (Fsp3) is 0.318. The van der Waals surface area contributed by atoms with Gasteiger partial charge in [0.1, 0.15) is 0 Å². The molecule has 1 fully saturated rings. The SMILES string of the molecule is Cc1ccc(-n2c(S[C@H](C)C(=O)c3ccc(F)c(F)c3)nnc2N2CCOCC2)cc1. The van der Waals surface area contributed by atoms with E-state index < -0.39 is 16.9 Å². The number of hydrogen-bond donors (Lipinski definition) is 0. The Morgan fingerprint density at radius 3 is 2.45 bits per heavy atom. The average Bonchev–Trinajstić information content (AvgIpc) is 3.19. The highest BCUT2D eigenvalue weighted by molar-refractivity contribution is 8.00. The zero-order valence-corrected chi connectivity index (χ0v) is 18.0. The van der Waals surface area contributed by atoms with Crippen LogP contribution >= 0.6 is 11.8 Å². The van der Waals surface area contributed by atoms with E-state index in [9.17, 15) is 13.6 Å². The van der Waals surface area contributed by atoms with Gasteiger partial charge in [-0.2, -0.15) is 0 Å². The summed E-state index contributed by atoms with van der Waals surface area (Å²) >= 11 is 1.23. The molecule has 1 aliphatic rings. The Balaban J connectivity index is 1.65. The van der Waals surface area contributed by atoms with Crippen LogP contribution in [-0.4, -0.2) is 52.1 Å². The highest BCUT2D eigenvalue weighted by Gasteiger charge is 2.25. The maximum absolute atomic E-state index is 13.6. The molecular formula is C22H22F2N4O2S. The molecule has 1 saturated heterocycles. The summed E-state index contributed by atoms with van der Waals surface area (Å²) in [6.07, 6.45) is 0. The van der Waals surface area contributed by atoms with Gasteiger partial charge in [0.05, 0.1) is 24.2 Å². The van der Waals surface area contributed by atoms with Gasteiger partial charge in [0.2, 0.25) is 5.95 Å². The van der Waals surface area contributed by atoms with Crippen LogP contribution in [0.1, 0.15) is 22.8 Å². The van der Waals surface area contributed by atoms with Gasteiger partial charge in [0.15, 0.2) is 22.6 Å². The molecule has 0 saturated carbocycles. The number of thioether (sulfide) groups is 1. The lowest BCUT2D eigenvalue weighted by molar-refractivity contribution is 0.0993. The van der Waals surface area contributed by atoms with Gasteiger partial charge in [0, 0.05) is 18.7 Å². The average molecular weight is 445 g/mol. The Morgan fingerprint density at radius 1 is 1.06 bits per heavy atom. The fourth-order valence-electron chi connectivity index (χ4n) is 3.32. The molecule has 0 radical (unpaired) electrons. The van der Waals surface area contributed by atoms with E-state index in [2.05, 4.69) is 15.1 Å². The molecule has 1 aromatic heterocycles. The number of rotatable bonds is 6. The first-order valence-corrected chi connectivity index (χ1v) is 10.8. The summed E-state index contributed by atoms with van der Waals surface area (Å²) in [5, 5.41) is 8.71. The summed E-state index contributed by atoms with van der Waals surface area (Å²) in [7, 11) is 0. The molecule has 0 spiro atoms. The number of hydrogen-bond acceptors (Lipinski definition) is 6. The number of morpholine rings is 1. The van der Waals surface area contributed by atoms with Crippen molar-refractivity contribution in [3.05, 3.63) is 65.2 Å². The monoisotopic (exact) mass is 444 g/mol. The van der Waals surface area contributed by atoms with Crippen LogP contribution in [0.15, 0.2) is 47.6 Å². The second kappa shape index (κ2) is 9.15. The van der Waals surface area contributed by atoms with E-state index in [0.717, 1.165) is 23.4 Å². The first kappa shape index (κ1) is 21.5. The predicted octanol–water partition coefficient (Wildman–Crippen LogP) is 4.05. The van der Waals surface area contributed by atoms with Crippen molar-refractivity contribution in [2.45, 2.75) is 24.3 Å². The molecule has 1 aliphatic heterocycles. The topological polar surface area (TPSA) is 60.2 Å². The number of ketones is 1. The zero-order chi connectivity index (χ0) is 22.0. The standard InChI is InChI=1S/C22H22F2N4O2S/c1-14-3-6-17(7-4-14)28-21(27-9-11-30-12-10-27)25-26-22(28)31-15(2)20(29)16-5-8-18(23)19(24)13-16/h3-8,13,15H,9-12H2,1-2H3/t15-/m1/s1. The molecule has 0 N–H and O–H groups in total. The van der Waals surface area contributed by atoms with Crippen molar-refractivity contribution in [3.63, 3.8) is 0 Å². The number of benzene rings is 2. The van der Waals surface area contributed by atoms with Gasteiger partial charge in [-0.3, -0.25) is 9.36 Å². The Hall–Kier alpha value is -2.78. The molecule has 6 nitrogen and oxygen atoms in total. The van der Waals surface area contributed by atoms with Crippen LogP contribution in [0, 0.1) is 18.6 Å². The molecule has 0 bridgehead atoms. The van der Waals surface area contributed by atoms with Crippen LogP contribution in [0.25, 0.3) is 5.69 Å². The third kappa shape index (κ3) is 4.62. The van der Waals surface area contributed by atoms with Gasteiger partial charge in [-0.05, 0) is 44.2 Å². The number of ether oxygens (including phenoxy) is 1. The second-order valence-electron chi connectivity index (χ2n) is 7.31. The van der Waals surface area contributed by atoms with E-state index in [4.69, 9.17) is 4.74 Å². The molecule has 0 amide bonds. The Morgan fingerprint density at radius 2 is 1.77 bits per heavy atom. The summed E-state index contributed by atoms with van der Waals surface area (Å²) in [4.78, 5) is 14.9. The van der Waals surface area contributed by atoms with Crippen molar-refractivity contribution < 1.29 is 18.3 Å². The number of aromatic nitrogens is 3. The lowest BCUT2D eigenvalue weighted by Gasteiger charge is -2.28. The van der Waals surface area contributed by atoms with E-state index in [1.807, 2.05) is 35.8 Å². The highest BCUT2D eigenvalue weighted by atomic mass is 32.2. The van der Waals surface area contributed by atoms with Crippen molar-refractivity contribution in [1.29, 1.82) is 0 Å². The van der Waals surface area contributed by atoms with Crippen LogP contribution < -0.4 is 4.90 Å². The molecule has 0 unspecified atom stereocenters. The molecule has 162 valence electrons. The minimum absolute atomic E-state index is 0.119. The van der Waals surface area contributed by atoms with Crippen LogP contribution in [-0.2, 0) is 4.74 Å². The highest BCUT2D eigenvalue weighted by Crippen LogP contribution is 2.31. The van der Waals surface area contributed by atoms with Gasteiger partial charge in [-0.25, -0.2) is 8.78 Å². The summed E-state index contributed by atoms with van der Waals surface area (Å²) in [6, 6.07) is 11.2. The molecule has 3 aromatic rings. The van der Waals surface area contributed by atoms with E-state index in [0.29, 0.717) is 37.4 Å². The maximum atomic E-state index is 13.6. The van der Waals surface area contributed by atoms with Crippen LogP contribution in [0.4, 0.5) is 14.7 Å². The first-order valence-electron chi connectivity index (χ1n) is 9.95. The smallest absolute Gasteiger partial charge is 0.232 e. The van der Waals surface area contributed by atoms with Crippen LogP contribution in [0.2, 0.25) is 0 Å². The van der Waals surface area contributed by atoms with Crippen molar-refractivity contribution in [3.8, 4) is 5.69 Å². The van der Waals surface area contributed by atoms with Gasteiger partial charge >= 0.3 is 0 Å². The molecule has 2 heterocycles. The van der Waals surface area contributed by atoms with Crippen LogP contribution in [0.3, 0.4) is 0 Å². The first-order chi connectivity index (χ1) is 14.9. The quantitative estimate of drug-likeness (QED) is 0.422. The number of nitrogens with zero attached hydrogens (tertiary/aromatic N) is 4. The summed E-state index contributed by atoms with van der Waals surface area (Å²) in [5.74, 6) is -1.65. The molecule has 0 aliphatic carbocycles. The minimum atomic E-state index is -1.04. The lowest BCUT2D eigenvalue weighted by atomic mass is 10.1. The third-order valence-corrected chi connectivity index (χ3v) is 6.10. The van der Waals surface area contributed by atoms with Crippen LogP contribution in [0.5, 0.6) is 0 Å². The van der Waals surface area contributed by atoms with E-state index >= 15 is 0 Å².